The normalized spacial score (nSPS) is 13.4. The number of hydrogen-bond acceptors (Lipinski definition) is 5. The number of rotatable bonds is 4. The molecular formula is C21H11F2NO5S. The SMILES string of the molecule is O=C1C=CC(=O)c2c1cc(C(=O)c1cc(F)cc(F)c1)n2S(=O)(=O)c1ccccc1. The zero-order valence-electron chi connectivity index (χ0n) is 15.0. The highest BCUT2D eigenvalue weighted by Crippen LogP contribution is 2.29. The minimum atomic E-state index is -4.50. The molecule has 4 rings (SSSR count). The van der Waals surface area contributed by atoms with Gasteiger partial charge < -0.3 is 0 Å². The minimum absolute atomic E-state index is 0.238. The summed E-state index contributed by atoms with van der Waals surface area (Å²) < 4.78 is 54.3. The number of halogens is 2. The van der Waals surface area contributed by atoms with Crippen LogP contribution in [-0.2, 0) is 10.0 Å². The molecule has 1 aromatic heterocycles. The number of hydrogen-bond donors (Lipinski definition) is 0. The third kappa shape index (κ3) is 3.09. The van der Waals surface area contributed by atoms with Gasteiger partial charge in [0.1, 0.15) is 23.0 Å². The van der Waals surface area contributed by atoms with Gasteiger partial charge in [-0.05, 0) is 42.5 Å². The number of benzene rings is 2. The van der Waals surface area contributed by atoms with Gasteiger partial charge in [-0.3, -0.25) is 14.4 Å². The van der Waals surface area contributed by atoms with Crippen molar-refractivity contribution >= 4 is 27.4 Å². The zero-order chi connectivity index (χ0) is 21.6. The second-order valence-corrected chi connectivity index (χ2v) is 8.21. The van der Waals surface area contributed by atoms with E-state index in [9.17, 15) is 31.6 Å². The van der Waals surface area contributed by atoms with Gasteiger partial charge in [0.05, 0.1) is 10.5 Å². The van der Waals surface area contributed by atoms with Gasteiger partial charge in [-0.2, -0.15) is 0 Å². The smallest absolute Gasteiger partial charge is 0.268 e. The van der Waals surface area contributed by atoms with Crippen LogP contribution >= 0.6 is 0 Å². The lowest BCUT2D eigenvalue weighted by Gasteiger charge is -2.14. The van der Waals surface area contributed by atoms with Crippen molar-refractivity contribution in [2.75, 3.05) is 0 Å². The molecule has 1 heterocycles. The van der Waals surface area contributed by atoms with E-state index in [2.05, 4.69) is 0 Å². The molecule has 2 aromatic carbocycles. The van der Waals surface area contributed by atoms with Crippen LogP contribution in [0, 0.1) is 11.6 Å². The predicted octanol–water partition coefficient (Wildman–Crippen LogP) is 3.17. The highest BCUT2D eigenvalue weighted by atomic mass is 32.2. The highest BCUT2D eigenvalue weighted by Gasteiger charge is 2.35. The van der Waals surface area contributed by atoms with Crippen LogP contribution in [0.15, 0.2) is 71.6 Å². The van der Waals surface area contributed by atoms with Gasteiger partial charge in [-0.15, -0.1) is 0 Å². The highest BCUT2D eigenvalue weighted by molar-refractivity contribution is 7.90. The summed E-state index contributed by atoms with van der Waals surface area (Å²) >= 11 is 0. The molecule has 0 saturated heterocycles. The summed E-state index contributed by atoms with van der Waals surface area (Å²) in [6.07, 6.45) is 1.86. The molecule has 0 atom stereocenters. The van der Waals surface area contributed by atoms with Crippen molar-refractivity contribution in [1.29, 1.82) is 0 Å². The molecule has 1 aliphatic rings. The van der Waals surface area contributed by atoms with Crippen LogP contribution in [0.4, 0.5) is 8.78 Å². The van der Waals surface area contributed by atoms with Gasteiger partial charge in [-0.25, -0.2) is 21.2 Å². The molecule has 0 spiro atoms. The molecule has 9 heteroatoms. The van der Waals surface area contributed by atoms with Gasteiger partial charge in [0.25, 0.3) is 10.0 Å². The molecule has 0 amide bonds. The van der Waals surface area contributed by atoms with Crippen molar-refractivity contribution in [2.24, 2.45) is 0 Å². The van der Waals surface area contributed by atoms with Gasteiger partial charge in [0, 0.05) is 11.6 Å². The first-order chi connectivity index (χ1) is 14.2. The van der Waals surface area contributed by atoms with E-state index < -0.39 is 56.0 Å². The largest absolute Gasteiger partial charge is 0.289 e. The summed E-state index contributed by atoms with van der Waals surface area (Å²) in [7, 11) is -4.50. The minimum Gasteiger partial charge on any atom is -0.289 e. The summed E-state index contributed by atoms with van der Waals surface area (Å²) in [4.78, 5) is 37.5. The summed E-state index contributed by atoms with van der Waals surface area (Å²) in [5.74, 6) is -4.62. The topological polar surface area (TPSA) is 90.3 Å². The summed E-state index contributed by atoms with van der Waals surface area (Å²) in [5.41, 5.74) is -1.85. The van der Waals surface area contributed by atoms with E-state index in [1.807, 2.05) is 0 Å². The van der Waals surface area contributed by atoms with Gasteiger partial charge in [-0.1, -0.05) is 18.2 Å². The molecule has 1 aliphatic carbocycles. The number of fused-ring (bicyclic) bond motifs is 1. The summed E-state index contributed by atoms with van der Waals surface area (Å²) in [6.45, 7) is 0. The molecule has 0 unspecified atom stereocenters. The standard InChI is InChI=1S/C21H11F2NO5S/c22-13-8-12(9-14(23)10-13)21(27)17-11-16-18(25)6-7-19(26)20(16)24(17)30(28,29)15-4-2-1-3-5-15/h1-11H. The number of carbonyl (C=O) groups is 3. The van der Waals surface area contributed by atoms with E-state index in [1.165, 1.54) is 24.3 Å². The Morgan fingerprint density at radius 3 is 2.07 bits per heavy atom. The third-order valence-corrected chi connectivity index (χ3v) is 6.21. The Balaban J connectivity index is 2.03. The predicted molar refractivity (Wildman–Crippen MR) is 101 cm³/mol. The molecule has 3 aromatic rings. The van der Waals surface area contributed by atoms with Crippen molar-refractivity contribution in [2.45, 2.75) is 4.90 Å². The van der Waals surface area contributed by atoms with Crippen LogP contribution in [0.2, 0.25) is 0 Å². The number of nitrogens with zero attached hydrogens (tertiary/aromatic N) is 1. The Morgan fingerprint density at radius 1 is 0.833 bits per heavy atom. The molecule has 0 radical (unpaired) electrons. The molecule has 0 aliphatic heterocycles. The van der Waals surface area contributed by atoms with E-state index in [4.69, 9.17) is 0 Å². The average Bonchev–Trinajstić information content (AvgIpc) is 3.13. The maximum atomic E-state index is 13.6. The van der Waals surface area contributed by atoms with Gasteiger partial charge in [0.2, 0.25) is 11.6 Å². The number of carbonyl (C=O) groups excluding carboxylic acids is 3. The maximum Gasteiger partial charge on any atom is 0.268 e. The fraction of sp³-hybridized carbons (Fsp3) is 0. The van der Waals surface area contributed by atoms with Gasteiger partial charge >= 0.3 is 0 Å². The Kier molecular flexibility index (Phi) is 4.54. The second-order valence-electron chi connectivity index (χ2n) is 6.42. The van der Waals surface area contributed by atoms with E-state index in [1.54, 1.807) is 6.07 Å². The molecule has 0 saturated carbocycles. The monoisotopic (exact) mass is 427 g/mol. The molecule has 0 N–H and O–H groups in total. The quantitative estimate of drug-likeness (QED) is 0.597. The van der Waals surface area contributed by atoms with E-state index in [0.29, 0.717) is 10.0 Å². The fourth-order valence-electron chi connectivity index (χ4n) is 3.17. The first-order valence-electron chi connectivity index (χ1n) is 8.54. The molecule has 6 nitrogen and oxygen atoms in total. The molecular weight excluding hydrogens is 416 g/mol. The van der Waals surface area contributed by atoms with Crippen molar-refractivity contribution in [3.8, 4) is 0 Å². The van der Waals surface area contributed by atoms with Crippen LogP contribution < -0.4 is 0 Å². The average molecular weight is 427 g/mol. The molecule has 150 valence electrons. The number of ketones is 3. The van der Waals surface area contributed by atoms with Gasteiger partial charge in [0.15, 0.2) is 5.78 Å². The van der Waals surface area contributed by atoms with Crippen LogP contribution in [0.1, 0.15) is 36.9 Å². The second kappa shape index (κ2) is 6.96. The molecule has 0 fully saturated rings. The summed E-state index contributed by atoms with van der Waals surface area (Å²) in [6, 6.07) is 9.94. The Hall–Kier alpha value is -3.72. The number of allylic oxidation sites excluding steroid dienone is 2. The van der Waals surface area contributed by atoms with Crippen LogP contribution in [0.3, 0.4) is 0 Å². The Labute approximate surface area is 169 Å². The Bertz CT molecular complexity index is 1350. The Morgan fingerprint density at radius 2 is 1.43 bits per heavy atom. The van der Waals surface area contributed by atoms with E-state index in [-0.39, 0.29) is 10.5 Å². The van der Waals surface area contributed by atoms with Crippen molar-refractivity contribution in [1.82, 2.24) is 3.97 Å². The molecule has 30 heavy (non-hydrogen) atoms. The van der Waals surface area contributed by atoms with Crippen molar-refractivity contribution < 1.29 is 31.6 Å². The maximum absolute atomic E-state index is 13.6. The van der Waals surface area contributed by atoms with E-state index >= 15 is 0 Å². The van der Waals surface area contributed by atoms with Crippen LogP contribution in [0.25, 0.3) is 0 Å². The third-order valence-electron chi connectivity index (χ3n) is 4.48. The first kappa shape index (κ1) is 19.6. The number of aromatic nitrogens is 1. The lowest BCUT2D eigenvalue weighted by atomic mass is 10.0. The van der Waals surface area contributed by atoms with E-state index in [0.717, 1.165) is 30.4 Å². The van der Waals surface area contributed by atoms with Crippen LogP contribution in [-0.4, -0.2) is 29.7 Å². The summed E-state index contributed by atoms with van der Waals surface area (Å²) in [5, 5.41) is 0. The first-order valence-corrected chi connectivity index (χ1v) is 9.98. The van der Waals surface area contributed by atoms with Crippen LogP contribution in [0.5, 0.6) is 0 Å². The van der Waals surface area contributed by atoms with Crippen molar-refractivity contribution in [3.63, 3.8) is 0 Å². The lowest BCUT2D eigenvalue weighted by Crippen LogP contribution is -2.24. The molecule has 0 bridgehead atoms. The fourth-order valence-corrected chi connectivity index (χ4v) is 4.71. The van der Waals surface area contributed by atoms with Crippen molar-refractivity contribution in [3.05, 3.63) is 101 Å². The lowest BCUT2D eigenvalue weighted by molar-refractivity contribution is 0.0990. The zero-order valence-corrected chi connectivity index (χ0v) is 15.8.